The van der Waals surface area contributed by atoms with Gasteiger partial charge in [-0.05, 0) is 77.8 Å². The van der Waals surface area contributed by atoms with Crippen molar-refractivity contribution in [1.29, 1.82) is 0 Å². The molecule has 7 nitrogen and oxygen atoms in total. The number of allylic oxidation sites excluding steroid dienone is 1. The number of nitrogens with zero attached hydrogens (tertiary/aromatic N) is 1. The largest absolute Gasteiger partial charge is 0.454 e. The molecule has 0 saturated carbocycles. The Morgan fingerprint density at radius 2 is 1.82 bits per heavy atom. The second-order valence-electron chi connectivity index (χ2n) is 10.1. The van der Waals surface area contributed by atoms with Gasteiger partial charge in [-0.2, -0.15) is 0 Å². The Hall–Kier alpha value is -4.65. The van der Waals surface area contributed by atoms with Gasteiger partial charge in [0.05, 0.1) is 16.8 Å². The van der Waals surface area contributed by atoms with Crippen molar-refractivity contribution in [3.8, 4) is 11.5 Å². The summed E-state index contributed by atoms with van der Waals surface area (Å²) >= 11 is 0. The van der Waals surface area contributed by atoms with E-state index in [9.17, 15) is 9.59 Å². The van der Waals surface area contributed by atoms with E-state index in [2.05, 4.69) is 25.2 Å². The van der Waals surface area contributed by atoms with E-state index in [1.807, 2.05) is 66.7 Å². The summed E-state index contributed by atoms with van der Waals surface area (Å²) in [7, 11) is 0. The average Bonchev–Trinajstić information content (AvgIpc) is 3.61. The summed E-state index contributed by atoms with van der Waals surface area (Å²) in [6, 6.07) is 21.1. The van der Waals surface area contributed by atoms with Crippen LogP contribution in [0.1, 0.15) is 65.3 Å². The van der Waals surface area contributed by atoms with Crippen LogP contribution in [0, 0.1) is 0 Å². The van der Waals surface area contributed by atoms with E-state index in [0.29, 0.717) is 29.2 Å². The second kappa shape index (κ2) is 10.8. The zero-order valence-corrected chi connectivity index (χ0v) is 22.5. The lowest BCUT2D eigenvalue weighted by Crippen LogP contribution is -2.22. The number of amides is 1. The smallest absolute Gasteiger partial charge is 0.339 e. The fourth-order valence-corrected chi connectivity index (χ4v) is 5.37. The Labute approximate surface area is 232 Å². The third-order valence-corrected chi connectivity index (χ3v) is 7.60. The Kier molecular flexibility index (Phi) is 6.95. The Bertz CT molecular complexity index is 1660. The van der Waals surface area contributed by atoms with E-state index in [0.717, 1.165) is 57.6 Å². The molecule has 202 valence electrons. The Balaban J connectivity index is 1.26. The number of benzene rings is 3. The quantitative estimate of drug-likeness (QED) is 0.264. The van der Waals surface area contributed by atoms with E-state index in [1.54, 1.807) is 0 Å². The molecule has 1 aliphatic carbocycles. The maximum absolute atomic E-state index is 13.5. The van der Waals surface area contributed by atoms with E-state index in [-0.39, 0.29) is 19.3 Å². The zero-order chi connectivity index (χ0) is 27.6. The van der Waals surface area contributed by atoms with Crippen molar-refractivity contribution in [2.45, 2.75) is 39.0 Å². The van der Waals surface area contributed by atoms with Crippen LogP contribution in [0.4, 0.5) is 5.69 Å². The van der Waals surface area contributed by atoms with E-state index >= 15 is 0 Å². The lowest BCUT2D eigenvalue weighted by Gasteiger charge is -2.16. The third kappa shape index (κ3) is 4.91. The predicted molar refractivity (Wildman–Crippen MR) is 155 cm³/mol. The molecule has 1 N–H and O–H groups in total. The summed E-state index contributed by atoms with van der Waals surface area (Å²) in [5, 5.41) is 3.64. The molecule has 40 heavy (non-hydrogen) atoms. The maximum Gasteiger partial charge on any atom is 0.339 e. The van der Waals surface area contributed by atoms with E-state index < -0.39 is 5.97 Å². The van der Waals surface area contributed by atoms with Gasteiger partial charge >= 0.3 is 5.97 Å². The van der Waals surface area contributed by atoms with Crippen LogP contribution in [0.25, 0.3) is 22.6 Å². The highest BCUT2D eigenvalue weighted by Crippen LogP contribution is 2.39. The van der Waals surface area contributed by atoms with Crippen molar-refractivity contribution in [2.75, 3.05) is 18.7 Å². The molecule has 1 unspecified atom stereocenters. The van der Waals surface area contributed by atoms with Crippen LogP contribution < -0.4 is 14.8 Å². The van der Waals surface area contributed by atoms with Crippen LogP contribution in [0.3, 0.4) is 0 Å². The highest BCUT2D eigenvalue weighted by atomic mass is 16.7. The minimum absolute atomic E-state index is 0.222. The first-order valence-electron chi connectivity index (χ1n) is 13.6. The molecule has 1 amide bonds. The van der Waals surface area contributed by atoms with Crippen LogP contribution in [0.5, 0.6) is 11.5 Å². The van der Waals surface area contributed by atoms with Crippen molar-refractivity contribution in [2.24, 2.45) is 0 Å². The number of hydrogen-bond donors (Lipinski definition) is 1. The van der Waals surface area contributed by atoms with Gasteiger partial charge in [0.1, 0.15) is 0 Å². The number of nitrogens with one attached hydrogen (secondary N) is 1. The molecule has 6 rings (SSSR count). The molecule has 3 aromatic carbocycles. The lowest BCUT2D eigenvalue weighted by atomic mass is 9.97. The summed E-state index contributed by atoms with van der Waals surface area (Å²) in [6.07, 6.45) is 4.42. The molecule has 0 fully saturated rings. The number of ether oxygens (including phenoxy) is 3. The number of rotatable bonds is 7. The number of anilines is 1. The lowest BCUT2D eigenvalue weighted by molar-refractivity contribution is -0.119. The van der Waals surface area contributed by atoms with Gasteiger partial charge < -0.3 is 19.5 Å². The van der Waals surface area contributed by atoms with Gasteiger partial charge in [0.25, 0.3) is 5.91 Å². The number of hydrogen-bond acceptors (Lipinski definition) is 6. The van der Waals surface area contributed by atoms with E-state index in [4.69, 9.17) is 19.2 Å². The number of aromatic nitrogens is 1. The van der Waals surface area contributed by atoms with Gasteiger partial charge in [-0.1, -0.05) is 56.3 Å². The van der Waals surface area contributed by atoms with Gasteiger partial charge in [0.2, 0.25) is 6.79 Å². The van der Waals surface area contributed by atoms with Gasteiger partial charge in [-0.15, -0.1) is 0 Å². The molecule has 0 spiro atoms. The first kappa shape index (κ1) is 25.6. The molecular formula is C33H30N2O5. The van der Waals surface area contributed by atoms with Crippen molar-refractivity contribution < 1.29 is 23.8 Å². The average molecular weight is 535 g/mol. The Morgan fingerprint density at radius 3 is 2.70 bits per heavy atom. The molecular weight excluding hydrogens is 504 g/mol. The number of pyridine rings is 1. The molecule has 1 aromatic heterocycles. The van der Waals surface area contributed by atoms with Crippen LogP contribution in [-0.4, -0.2) is 30.3 Å². The fraction of sp³-hybridized carbons (Fsp3) is 0.242. The molecule has 4 aromatic rings. The van der Waals surface area contributed by atoms with Crippen molar-refractivity contribution in [3.05, 3.63) is 94.7 Å². The van der Waals surface area contributed by atoms with Crippen molar-refractivity contribution in [1.82, 2.24) is 4.98 Å². The van der Waals surface area contributed by atoms with Gasteiger partial charge in [-0.25, -0.2) is 9.78 Å². The zero-order valence-electron chi connectivity index (χ0n) is 22.5. The summed E-state index contributed by atoms with van der Waals surface area (Å²) in [4.78, 5) is 31.2. The summed E-state index contributed by atoms with van der Waals surface area (Å²) in [5.41, 5.74) is 6.62. The molecule has 2 heterocycles. The first-order chi connectivity index (χ1) is 19.5. The number of para-hydroxylation sites is 2. The van der Waals surface area contributed by atoms with Gasteiger partial charge in [-0.3, -0.25) is 4.79 Å². The molecule has 1 aliphatic heterocycles. The highest BCUT2D eigenvalue weighted by molar-refractivity contribution is 6.08. The molecule has 0 saturated heterocycles. The monoisotopic (exact) mass is 534 g/mol. The fourth-order valence-electron chi connectivity index (χ4n) is 5.37. The normalized spacial score (nSPS) is 15.2. The predicted octanol–water partition coefficient (Wildman–Crippen LogP) is 6.76. The third-order valence-electron chi connectivity index (χ3n) is 7.60. The number of carbonyl (C=O) groups is 2. The topological polar surface area (TPSA) is 86.8 Å². The van der Waals surface area contributed by atoms with Crippen LogP contribution in [0.15, 0.2) is 66.7 Å². The summed E-state index contributed by atoms with van der Waals surface area (Å²) in [5.74, 6) is 0.848. The van der Waals surface area contributed by atoms with Crippen LogP contribution >= 0.6 is 0 Å². The first-order valence-corrected chi connectivity index (χ1v) is 13.6. The Morgan fingerprint density at radius 1 is 1.02 bits per heavy atom. The van der Waals surface area contributed by atoms with Crippen molar-refractivity contribution in [3.63, 3.8) is 0 Å². The number of esters is 1. The van der Waals surface area contributed by atoms with Crippen LogP contribution in [0.2, 0.25) is 0 Å². The number of fused-ring (bicyclic) bond motifs is 3. The SMILES string of the molecule is CCC(C)c1ccccc1NC(=O)COC(=O)c1c2c(nc3ccccc13)/C(=C/c1ccc3c(c1)OCO3)CC2. The van der Waals surface area contributed by atoms with E-state index in [1.165, 1.54) is 0 Å². The maximum atomic E-state index is 13.5. The number of carbonyl (C=O) groups excluding carboxylic acids is 2. The molecule has 2 aliphatic rings. The second-order valence-corrected chi connectivity index (χ2v) is 10.1. The highest BCUT2D eigenvalue weighted by Gasteiger charge is 2.28. The minimum atomic E-state index is -0.524. The molecule has 0 radical (unpaired) electrons. The molecule has 0 bridgehead atoms. The van der Waals surface area contributed by atoms with Gasteiger partial charge in [0.15, 0.2) is 18.1 Å². The molecule has 7 heteroatoms. The van der Waals surface area contributed by atoms with Crippen molar-refractivity contribution >= 4 is 40.1 Å². The summed E-state index contributed by atoms with van der Waals surface area (Å²) < 4.78 is 16.6. The summed E-state index contributed by atoms with van der Waals surface area (Å²) in [6.45, 7) is 4.08. The minimum Gasteiger partial charge on any atom is -0.454 e. The van der Waals surface area contributed by atoms with Crippen LogP contribution in [-0.2, 0) is 16.0 Å². The van der Waals surface area contributed by atoms with Gasteiger partial charge in [0, 0.05) is 11.1 Å². The standard InChI is InChI=1S/C33H30N2O5/c1-3-20(2)23-8-4-6-10-26(23)34-30(36)18-38-33(37)31-24-9-5-7-11-27(24)35-32-22(13-14-25(31)32)16-21-12-15-28-29(17-21)40-19-39-28/h4-12,15-17,20H,3,13-14,18-19H2,1-2H3,(H,34,36)/b22-16+. The molecule has 1 atom stereocenters.